The van der Waals surface area contributed by atoms with Crippen LogP contribution in [0.15, 0.2) is 65.5 Å². The van der Waals surface area contributed by atoms with E-state index in [1.807, 2.05) is 55.5 Å². The predicted octanol–water partition coefficient (Wildman–Crippen LogP) is 4.38. The SMILES string of the molecule is Cc1cc(NC(=O)c2cc3ccccc3[nH]2)ccc1-c1cnco1. The number of aryl methyl sites for hydroxylation is 1. The Bertz CT molecular complexity index is 983. The van der Waals surface area contributed by atoms with E-state index in [-0.39, 0.29) is 5.91 Å². The van der Waals surface area contributed by atoms with Gasteiger partial charge in [0.05, 0.1) is 6.20 Å². The van der Waals surface area contributed by atoms with Gasteiger partial charge in [0.2, 0.25) is 0 Å². The van der Waals surface area contributed by atoms with Crippen molar-refractivity contribution in [2.24, 2.45) is 0 Å². The smallest absolute Gasteiger partial charge is 0.272 e. The summed E-state index contributed by atoms with van der Waals surface area (Å²) in [5.41, 5.74) is 4.17. The van der Waals surface area contributed by atoms with E-state index in [1.165, 1.54) is 6.39 Å². The lowest BCUT2D eigenvalue weighted by Crippen LogP contribution is -2.12. The number of nitrogens with one attached hydrogen (secondary N) is 2. The number of carbonyl (C=O) groups is 1. The molecule has 4 aromatic rings. The van der Waals surface area contributed by atoms with Crippen LogP contribution >= 0.6 is 0 Å². The number of oxazole rings is 1. The zero-order valence-electron chi connectivity index (χ0n) is 13.0. The molecule has 118 valence electrons. The van der Waals surface area contributed by atoms with Crippen molar-refractivity contribution in [1.29, 1.82) is 0 Å². The van der Waals surface area contributed by atoms with Gasteiger partial charge in [-0.3, -0.25) is 4.79 Å². The molecule has 5 heteroatoms. The molecule has 0 unspecified atom stereocenters. The Kier molecular flexibility index (Phi) is 3.39. The zero-order valence-corrected chi connectivity index (χ0v) is 13.0. The van der Waals surface area contributed by atoms with Gasteiger partial charge in [-0.15, -0.1) is 0 Å². The number of benzene rings is 2. The van der Waals surface area contributed by atoms with Crippen LogP contribution in [0.3, 0.4) is 0 Å². The Balaban J connectivity index is 1.58. The third-order valence-corrected chi connectivity index (χ3v) is 3.96. The monoisotopic (exact) mass is 317 g/mol. The second kappa shape index (κ2) is 5.70. The number of amides is 1. The lowest BCUT2D eigenvalue weighted by Gasteiger charge is -2.07. The van der Waals surface area contributed by atoms with Crippen LogP contribution in [0.25, 0.3) is 22.2 Å². The minimum atomic E-state index is -0.169. The molecule has 1 amide bonds. The van der Waals surface area contributed by atoms with Crippen LogP contribution in [0, 0.1) is 6.92 Å². The minimum Gasteiger partial charge on any atom is -0.444 e. The Hall–Kier alpha value is -3.34. The molecule has 0 radical (unpaired) electrons. The van der Waals surface area contributed by atoms with Gasteiger partial charge >= 0.3 is 0 Å². The van der Waals surface area contributed by atoms with Crippen molar-refractivity contribution in [1.82, 2.24) is 9.97 Å². The second-order valence-electron chi connectivity index (χ2n) is 5.62. The van der Waals surface area contributed by atoms with Gasteiger partial charge in [0, 0.05) is 22.2 Å². The van der Waals surface area contributed by atoms with Crippen LogP contribution in [-0.4, -0.2) is 15.9 Å². The topological polar surface area (TPSA) is 70.9 Å². The fourth-order valence-corrected chi connectivity index (χ4v) is 2.76. The summed E-state index contributed by atoms with van der Waals surface area (Å²) in [5.74, 6) is 0.541. The van der Waals surface area contributed by atoms with E-state index in [2.05, 4.69) is 15.3 Å². The number of fused-ring (bicyclic) bond motifs is 1. The van der Waals surface area contributed by atoms with Crippen molar-refractivity contribution in [2.75, 3.05) is 5.32 Å². The van der Waals surface area contributed by atoms with Gasteiger partial charge < -0.3 is 14.7 Å². The standard InChI is InChI=1S/C19H15N3O2/c1-12-8-14(6-7-15(12)18-10-20-11-24-18)21-19(23)17-9-13-4-2-3-5-16(13)22-17/h2-11,22H,1H3,(H,21,23). The van der Waals surface area contributed by atoms with E-state index in [0.29, 0.717) is 11.5 Å². The number of nitrogens with zero attached hydrogens (tertiary/aromatic N) is 1. The maximum atomic E-state index is 12.4. The molecule has 2 heterocycles. The third-order valence-electron chi connectivity index (χ3n) is 3.96. The van der Waals surface area contributed by atoms with E-state index in [9.17, 15) is 4.79 Å². The van der Waals surface area contributed by atoms with Crippen molar-refractivity contribution in [3.05, 3.63) is 72.4 Å². The number of aromatic amines is 1. The molecule has 0 aliphatic rings. The van der Waals surface area contributed by atoms with Gasteiger partial charge in [0.25, 0.3) is 5.91 Å². The number of hydrogen-bond acceptors (Lipinski definition) is 3. The molecule has 24 heavy (non-hydrogen) atoms. The fraction of sp³-hybridized carbons (Fsp3) is 0.0526. The molecule has 0 fully saturated rings. The number of aromatic nitrogens is 2. The Morgan fingerprint density at radius 2 is 2.04 bits per heavy atom. The predicted molar refractivity (Wildman–Crippen MR) is 92.9 cm³/mol. The number of hydrogen-bond donors (Lipinski definition) is 2. The summed E-state index contributed by atoms with van der Waals surface area (Å²) < 4.78 is 5.32. The Morgan fingerprint density at radius 3 is 2.79 bits per heavy atom. The number of carbonyl (C=O) groups excluding carboxylic acids is 1. The molecular weight excluding hydrogens is 302 g/mol. The quantitative estimate of drug-likeness (QED) is 0.589. The Labute approximate surface area is 138 Å². The summed E-state index contributed by atoms with van der Waals surface area (Å²) >= 11 is 0. The summed E-state index contributed by atoms with van der Waals surface area (Å²) in [7, 11) is 0. The molecule has 4 rings (SSSR count). The number of para-hydroxylation sites is 1. The number of anilines is 1. The third kappa shape index (κ3) is 2.56. The van der Waals surface area contributed by atoms with Crippen molar-refractivity contribution >= 4 is 22.5 Å². The molecule has 2 N–H and O–H groups in total. The fourth-order valence-electron chi connectivity index (χ4n) is 2.76. The van der Waals surface area contributed by atoms with Crippen molar-refractivity contribution in [3.8, 4) is 11.3 Å². The van der Waals surface area contributed by atoms with E-state index < -0.39 is 0 Å². The van der Waals surface area contributed by atoms with E-state index in [1.54, 1.807) is 6.20 Å². The zero-order chi connectivity index (χ0) is 16.5. The molecule has 0 aliphatic heterocycles. The van der Waals surface area contributed by atoms with Crippen LogP contribution in [0.1, 0.15) is 16.1 Å². The first-order chi connectivity index (χ1) is 11.7. The summed E-state index contributed by atoms with van der Waals surface area (Å²) in [4.78, 5) is 19.5. The first-order valence-electron chi connectivity index (χ1n) is 7.59. The number of rotatable bonds is 3. The highest BCUT2D eigenvalue weighted by Crippen LogP contribution is 2.26. The Morgan fingerprint density at radius 1 is 1.17 bits per heavy atom. The van der Waals surface area contributed by atoms with Gasteiger partial charge in [-0.05, 0) is 42.8 Å². The molecule has 0 saturated heterocycles. The van der Waals surface area contributed by atoms with Crippen LogP contribution in [0.5, 0.6) is 0 Å². The maximum absolute atomic E-state index is 12.4. The highest BCUT2D eigenvalue weighted by molar-refractivity contribution is 6.06. The van der Waals surface area contributed by atoms with Crippen molar-refractivity contribution < 1.29 is 9.21 Å². The molecule has 2 aromatic carbocycles. The second-order valence-corrected chi connectivity index (χ2v) is 5.62. The molecule has 2 aromatic heterocycles. The lowest BCUT2D eigenvalue weighted by atomic mass is 10.1. The van der Waals surface area contributed by atoms with Crippen molar-refractivity contribution in [3.63, 3.8) is 0 Å². The van der Waals surface area contributed by atoms with Crippen LogP contribution in [0.4, 0.5) is 5.69 Å². The van der Waals surface area contributed by atoms with Gasteiger partial charge in [-0.1, -0.05) is 18.2 Å². The van der Waals surface area contributed by atoms with Gasteiger partial charge in [-0.25, -0.2) is 4.98 Å². The largest absolute Gasteiger partial charge is 0.444 e. The first-order valence-corrected chi connectivity index (χ1v) is 7.59. The molecule has 0 bridgehead atoms. The summed E-state index contributed by atoms with van der Waals surface area (Å²) in [6.07, 6.45) is 3.07. The van der Waals surface area contributed by atoms with Gasteiger partial charge in [0.15, 0.2) is 12.2 Å². The molecular formula is C19H15N3O2. The summed E-state index contributed by atoms with van der Waals surface area (Å²) in [6.45, 7) is 1.97. The lowest BCUT2D eigenvalue weighted by molar-refractivity contribution is 0.102. The maximum Gasteiger partial charge on any atom is 0.272 e. The van der Waals surface area contributed by atoms with Crippen LogP contribution < -0.4 is 5.32 Å². The van der Waals surface area contributed by atoms with Crippen LogP contribution in [0.2, 0.25) is 0 Å². The molecule has 0 aliphatic carbocycles. The minimum absolute atomic E-state index is 0.169. The number of H-pyrrole nitrogens is 1. The van der Waals surface area contributed by atoms with Crippen LogP contribution in [-0.2, 0) is 0 Å². The molecule has 0 atom stereocenters. The van der Waals surface area contributed by atoms with Gasteiger partial charge in [-0.2, -0.15) is 0 Å². The first kappa shape index (κ1) is 14.3. The highest BCUT2D eigenvalue weighted by Gasteiger charge is 2.11. The molecule has 0 spiro atoms. The average molecular weight is 317 g/mol. The van der Waals surface area contributed by atoms with E-state index >= 15 is 0 Å². The van der Waals surface area contributed by atoms with Crippen molar-refractivity contribution in [2.45, 2.75) is 6.92 Å². The summed E-state index contributed by atoms with van der Waals surface area (Å²) in [5, 5.41) is 3.93. The highest BCUT2D eigenvalue weighted by atomic mass is 16.3. The summed E-state index contributed by atoms with van der Waals surface area (Å²) in [6, 6.07) is 15.3. The van der Waals surface area contributed by atoms with E-state index in [0.717, 1.165) is 27.7 Å². The average Bonchev–Trinajstić information content (AvgIpc) is 3.24. The molecule has 0 saturated carbocycles. The van der Waals surface area contributed by atoms with E-state index in [4.69, 9.17) is 4.42 Å². The molecule has 5 nitrogen and oxygen atoms in total. The normalized spacial score (nSPS) is 10.9. The van der Waals surface area contributed by atoms with Gasteiger partial charge in [0.1, 0.15) is 5.69 Å².